The Morgan fingerprint density at radius 1 is 1.04 bits per heavy atom. The summed E-state index contributed by atoms with van der Waals surface area (Å²) in [5.74, 6) is -0.285. The minimum atomic E-state index is -0.167. The van der Waals surface area contributed by atoms with E-state index in [0.29, 0.717) is 16.9 Å². The maximum absolute atomic E-state index is 12.6. The number of Topliss-reactive ketones (excluding diaryl/α,β-unsaturated/α-hetero) is 1. The topological polar surface area (TPSA) is 40.6 Å². The van der Waals surface area contributed by atoms with Gasteiger partial charge in [-0.2, -0.15) is 0 Å². The van der Waals surface area contributed by atoms with Gasteiger partial charge < -0.3 is 4.90 Å². The van der Waals surface area contributed by atoms with Gasteiger partial charge >= 0.3 is 0 Å². The number of nitrogens with zero attached hydrogens (tertiary/aromatic N) is 2. The van der Waals surface area contributed by atoms with Gasteiger partial charge in [0.2, 0.25) is 11.7 Å². The molecule has 0 saturated carbocycles. The highest BCUT2D eigenvalue weighted by Gasteiger charge is 2.34. The first-order valence-electron chi connectivity index (χ1n) is 7.42. The molecule has 0 aliphatic carbocycles. The number of allylic oxidation sites excluding steroid dienone is 1. The van der Waals surface area contributed by atoms with E-state index in [1.54, 1.807) is 18.2 Å². The molecule has 0 aromatic heterocycles. The Balaban J connectivity index is 2.04. The molecule has 0 saturated heterocycles. The predicted molar refractivity (Wildman–Crippen MR) is 92.7 cm³/mol. The SMILES string of the molecule is CC(=O)N1C(=Cc2ccc(N(C)C)cc2)C(=O)c2ccccc21. The molecule has 0 radical (unpaired) electrons. The highest BCUT2D eigenvalue weighted by molar-refractivity contribution is 6.26. The number of anilines is 2. The molecule has 1 heterocycles. The molecule has 1 aliphatic heterocycles. The fourth-order valence-electron chi connectivity index (χ4n) is 2.73. The normalized spacial score (nSPS) is 15.0. The number of hydrogen-bond donors (Lipinski definition) is 0. The van der Waals surface area contributed by atoms with Crippen molar-refractivity contribution < 1.29 is 9.59 Å². The average Bonchev–Trinajstić information content (AvgIpc) is 2.81. The highest BCUT2D eigenvalue weighted by atomic mass is 16.2. The van der Waals surface area contributed by atoms with Gasteiger partial charge in [0.1, 0.15) is 0 Å². The molecular formula is C19H18N2O2. The van der Waals surface area contributed by atoms with Crippen LogP contribution in [0.2, 0.25) is 0 Å². The molecule has 0 unspecified atom stereocenters. The number of fused-ring (bicyclic) bond motifs is 1. The average molecular weight is 306 g/mol. The number of carbonyl (C=O) groups is 2. The Kier molecular flexibility index (Phi) is 3.74. The summed E-state index contributed by atoms with van der Waals surface area (Å²) in [5, 5.41) is 0. The predicted octanol–water partition coefficient (Wildman–Crippen LogP) is 3.34. The molecule has 0 atom stereocenters. The molecule has 0 bridgehead atoms. The van der Waals surface area contributed by atoms with Gasteiger partial charge in [-0.3, -0.25) is 14.5 Å². The number of ketones is 1. The molecule has 4 heteroatoms. The Labute approximate surface area is 135 Å². The van der Waals surface area contributed by atoms with Crippen molar-refractivity contribution in [2.24, 2.45) is 0 Å². The zero-order valence-electron chi connectivity index (χ0n) is 13.4. The van der Waals surface area contributed by atoms with Crippen LogP contribution in [0.5, 0.6) is 0 Å². The van der Waals surface area contributed by atoms with Crippen molar-refractivity contribution in [1.82, 2.24) is 0 Å². The first-order chi connectivity index (χ1) is 11.0. The standard InChI is InChI=1S/C19H18N2O2/c1-13(22)21-17-7-5-4-6-16(17)19(23)18(21)12-14-8-10-15(11-9-14)20(2)3/h4-12H,1-3H3. The number of rotatable bonds is 2. The third-order valence-corrected chi connectivity index (χ3v) is 3.89. The zero-order valence-corrected chi connectivity index (χ0v) is 13.4. The van der Waals surface area contributed by atoms with Crippen molar-refractivity contribution in [1.29, 1.82) is 0 Å². The molecule has 23 heavy (non-hydrogen) atoms. The second kappa shape index (κ2) is 5.72. The smallest absolute Gasteiger partial charge is 0.228 e. The summed E-state index contributed by atoms with van der Waals surface area (Å²) in [6.45, 7) is 1.47. The monoisotopic (exact) mass is 306 g/mol. The Morgan fingerprint density at radius 3 is 2.30 bits per heavy atom. The van der Waals surface area contributed by atoms with E-state index in [4.69, 9.17) is 0 Å². The van der Waals surface area contributed by atoms with Crippen molar-refractivity contribution in [3.63, 3.8) is 0 Å². The van der Waals surface area contributed by atoms with Gasteiger partial charge in [-0.1, -0.05) is 24.3 Å². The second-order valence-corrected chi connectivity index (χ2v) is 5.72. The van der Waals surface area contributed by atoms with Crippen LogP contribution in [0.15, 0.2) is 54.2 Å². The summed E-state index contributed by atoms with van der Waals surface area (Å²) in [6, 6.07) is 15.0. The van der Waals surface area contributed by atoms with Crippen molar-refractivity contribution in [2.75, 3.05) is 23.9 Å². The van der Waals surface area contributed by atoms with Crippen LogP contribution in [0, 0.1) is 0 Å². The van der Waals surface area contributed by atoms with Gasteiger partial charge in [0, 0.05) is 32.3 Å². The first-order valence-corrected chi connectivity index (χ1v) is 7.42. The van der Waals surface area contributed by atoms with Gasteiger partial charge in [-0.15, -0.1) is 0 Å². The van der Waals surface area contributed by atoms with Crippen LogP contribution in [0.25, 0.3) is 6.08 Å². The highest BCUT2D eigenvalue weighted by Crippen LogP contribution is 2.35. The van der Waals surface area contributed by atoms with Gasteiger partial charge in [-0.05, 0) is 35.9 Å². The molecular weight excluding hydrogens is 288 g/mol. The number of hydrogen-bond acceptors (Lipinski definition) is 3. The van der Waals surface area contributed by atoms with Crippen molar-refractivity contribution >= 4 is 29.1 Å². The van der Waals surface area contributed by atoms with E-state index in [1.807, 2.05) is 55.4 Å². The third-order valence-electron chi connectivity index (χ3n) is 3.89. The lowest BCUT2D eigenvalue weighted by atomic mass is 10.1. The van der Waals surface area contributed by atoms with Crippen LogP contribution in [0.3, 0.4) is 0 Å². The lowest BCUT2D eigenvalue weighted by molar-refractivity contribution is -0.116. The minimum absolute atomic E-state index is 0.118. The van der Waals surface area contributed by atoms with E-state index >= 15 is 0 Å². The molecule has 0 fully saturated rings. The molecule has 2 aromatic carbocycles. The molecule has 116 valence electrons. The van der Waals surface area contributed by atoms with Crippen molar-refractivity contribution in [3.05, 3.63) is 65.4 Å². The maximum atomic E-state index is 12.6. The van der Waals surface area contributed by atoms with Gasteiger partial charge in [0.25, 0.3) is 0 Å². The molecule has 4 nitrogen and oxygen atoms in total. The molecule has 3 rings (SSSR count). The van der Waals surface area contributed by atoms with Gasteiger partial charge in [-0.25, -0.2) is 0 Å². The van der Waals surface area contributed by atoms with Crippen LogP contribution in [0.4, 0.5) is 11.4 Å². The van der Waals surface area contributed by atoms with Crippen LogP contribution < -0.4 is 9.80 Å². The van der Waals surface area contributed by atoms with Crippen LogP contribution in [-0.2, 0) is 4.79 Å². The number of amides is 1. The largest absolute Gasteiger partial charge is 0.378 e. The summed E-state index contributed by atoms with van der Waals surface area (Å²) in [5.41, 5.74) is 3.59. The summed E-state index contributed by atoms with van der Waals surface area (Å²) >= 11 is 0. The van der Waals surface area contributed by atoms with Crippen LogP contribution in [-0.4, -0.2) is 25.8 Å². The van der Waals surface area contributed by atoms with E-state index in [1.165, 1.54) is 11.8 Å². The lowest BCUT2D eigenvalue weighted by Crippen LogP contribution is -2.25. The fraction of sp³-hybridized carbons (Fsp3) is 0.158. The number of benzene rings is 2. The van der Waals surface area contributed by atoms with Crippen molar-refractivity contribution in [2.45, 2.75) is 6.92 Å². The number of para-hydroxylation sites is 1. The Morgan fingerprint density at radius 2 is 1.70 bits per heavy atom. The summed E-state index contributed by atoms with van der Waals surface area (Å²) in [7, 11) is 3.95. The number of carbonyl (C=O) groups excluding carboxylic acids is 2. The van der Waals surface area contributed by atoms with E-state index in [0.717, 1.165) is 11.3 Å². The molecule has 2 aromatic rings. The summed E-state index contributed by atoms with van der Waals surface area (Å²) in [6.07, 6.45) is 1.77. The fourth-order valence-corrected chi connectivity index (χ4v) is 2.73. The van der Waals surface area contributed by atoms with E-state index in [2.05, 4.69) is 0 Å². The van der Waals surface area contributed by atoms with Gasteiger partial charge in [0.05, 0.1) is 11.4 Å². The van der Waals surface area contributed by atoms with Crippen molar-refractivity contribution in [3.8, 4) is 0 Å². The van der Waals surface area contributed by atoms with E-state index in [9.17, 15) is 9.59 Å². The lowest BCUT2D eigenvalue weighted by Gasteiger charge is -2.16. The molecule has 1 amide bonds. The summed E-state index contributed by atoms with van der Waals surface area (Å²) in [4.78, 5) is 28.1. The quantitative estimate of drug-likeness (QED) is 0.799. The molecule has 0 spiro atoms. The third kappa shape index (κ3) is 2.63. The Hall–Kier alpha value is -2.88. The minimum Gasteiger partial charge on any atom is -0.378 e. The zero-order chi connectivity index (χ0) is 16.6. The maximum Gasteiger partial charge on any atom is 0.228 e. The first kappa shape index (κ1) is 15.0. The summed E-state index contributed by atoms with van der Waals surface area (Å²) < 4.78 is 0. The van der Waals surface area contributed by atoms with E-state index < -0.39 is 0 Å². The molecule has 0 N–H and O–H groups in total. The van der Waals surface area contributed by atoms with Gasteiger partial charge in [0.15, 0.2) is 0 Å². The van der Waals surface area contributed by atoms with Crippen LogP contribution in [0.1, 0.15) is 22.8 Å². The second-order valence-electron chi connectivity index (χ2n) is 5.72. The van der Waals surface area contributed by atoms with E-state index in [-0.39, 0.29) is 11.7 Å². The molecule has 1 aliphatic rings. The Bertz CT molecular complexity index is 804. The van der Waals surface area contributed by atoms with Crippen LogP contribution >= 0.6 is 0 Å².